The smallest absolute Gasteiger partial charge is 0.152 e. The second-order valence-electron chi connectivity index (χ2n) is 2.08. The van der Waals surface area contributed by atoms with E-state index in [2.05, 4.69) is 10.2 Å². The number of nitrogens with zero attached hydrogens (tertiary/aromatic N) is 2. The topological polar surface area (TPSA) is 57.9 Å². The van der Waals surface area contributed by atoms with Crippen LogP contribution in [0.1, 0.15) is 0 Å². The third-order valence-corrected chi connectivity index (χ3v) is 1.04. The molecule has 0 aliphatic heterocycles. The molecule has 10 heavy (non-hydrogen) atoms. The predicted molar refractivity (Wildman–Crippen MR) is 44.6 cm³/mol. The molecule has 4 nitrogen and oxygen atoms in total. The summed E-state index contributed by atoms with van der Waals surface area (Å²) in [7, 11) is 3.82. The van der Waals surface area contributed by atoms with Crippen molar-refractivity contribution in [3.8, 4) is 0 Å². The summed E-state index contributed by atoms with van der Waals surface area (Å²) in [5, 5.41) is 6.53. The number of rotatable bonds is 1. The zero-order chi connectivity index (χ0) is 6.85. The van der Waals surface area contributed by atoms with Gasteiger partial charge in [-0.1, -0.05) is 0 Å². The normalized spacial score (nSPS) is 8.60. The molecule has 1 aromatic heterocycles. The molecule has 0 amide bonds. The van der Waals surface area contributed by atoms with Gasteiger partial charge >= 0.3 is 0 Å². The highest BCUT2D eigenvalue weighted by Crippen LogP contribution is 2.07. The Morgan fingerprint density at radius 2 is 2.20 bits per heavy atom. The maximum Gasteiger partial charge on any atom is 0.152 e. The number of hydrogen-bond donors (Lipinski definition) is 2. The van der Waals surface area contributed by atoms with E-state index in [0.29, 0.717) is 5.82 Å². The van der Waals surface area contributed by atoms with Gasteiger partial charge in [0.05, 0.1) is 0 Å². The first kappa shape index (κ1) is 9.10. The van der Waals surface area contributed by atoms with E-state index in [1.807, 2.05) is 19.0 Å². The van der Waals surface area contributed by atoms with Gasteiger partial charge in [-0.25, -0.2) is 0 Å². The number of hydrogen-bond acceptors (Lipinski definition) is 3. The second-order valence-corrected chi connectivity index (χ2v) is 2.08. The fourth-order valence-corrected chi connectivity index (χ4v) is 0.555. The molecule has 0 saturated heterocycles. The Morgan fingerprint density at radius 1 is 1.60 bits per heavy atom. The van der Waals surface area contributed by atoms with Crippen molar-refractivity contribution >= 4 is 24.0 Å². The van der Waals surface area contributed by atoms with Crippen LogP contribution < -0.4 is 10.6 Å². The molecule has 0 aromatic carbocycles. The van der Waals surface area contributed by atoms with E-state index >= 15 is 0 Å². The highest BCUT2D eigenvalue weighted by Gasteiger charge is 1.96. The Kier molecular flexibility index (Phi) is 3.02. The van der Waals surface area contributed by atoms with Crippen LogP contribution in [0, 0.1) is 0 Å². The van der Waals surface area contributed by atoms with E-state index < -0.39 is 0 Å². The Labute approximate surface area is 65.8 Å². The summed E-state index contributed by atoms with van der Waals surface area (Å²) in [5.74, 6) is 1.45. The van der Waals surface area contributed by atoms with Gasteiger partial charge in [0.25, 0.3) is 0 Å². The molecule has 58 valence electrons. The van der Waals surface area contributed by atoms with Crippen LogP contribution in [-0.2, 0) is 0 Å². The third kappa shape index (κ3) is 1.80. The number of halogens is 1. The van der Waals surface area contributed by atoms with Gasteiger partial charge < -0.3 is 10.6 Å². The quantitative estimate of drug-likeness (QED) is 0.632. The van der Waals surface area contributed by atoms with Gasteiger partial charge in [-0.3, -0.25) is 5.10 Å². The van der Waals surface area contributed by atoms with Crippen LogP contribution in [0.25, 0.3) is 0 Å². The van der Waals surface area contributed by atoms with Crippen molar-refractivity contribution in [1.82, 2.24) is 10.2 Å². The lowest BCUT2D eigenvalue weighted by molar-refractivity contribution is 1.02. The lowest BCUT2D eigenvalue weighted by atomic mass is 10.5. The molecule has 0 aliphatic carbocycles. The van der Waals surface area contributed by atoms with Gasteiger partial charge in [-0.05, 0) is 0 Å². The molecule has 0 unspecified atom stereocenters. The molecular formula is C5H11ClN4. The molecule has 0 aliphatic rings. The van der Waals surface area contributed by atoms with E-state index in [0.717, 1.165) is 5.82 Å². The first-order valence-electron chi connectivity index (χ1n) is 2.68. The average molecular weight is 163 g/mol. The lowest BCUT2D eigenvalue weighted by Gasteiger charge is -2.04. The zero-order valence-electron chi connectivity index (χ0n) is 5.96. The first-order valence-corrected chi connectivity index (χ1v) is 2.68. The molecule has 1 aromatic rings. The SMILES string of the molecule is CN(C)c1cc(N)[nH]n1.Cl. The molecular weight excluding hydrogens is 152 g/mol. The summed E-state index contributed by atoms with van der Waals surface area (Å²) in [6.07, 6.45) is 0. The van der Waals surface area contributed by atoms with Gasteiger partial charge in [0, 0.05) is 20.2 Å². The number of H-pyrrole nitrogens is 1. The molecule has 0 radical (unpaired) electrons. The van der Waals surface area contributed by atoms with E-state index in [1.54, 1.807) is 6.07 Å². The number of aromatic amines is 1. The highest BCUT2D eigenvalue weighted by atomic mass is 35.5. The number of aromatic nitrogens is 2. The van der Waals surface area contributed by atoms with Crippen LogP contribution in [0.2, 0.25) is 0 Å². The maximum atomic E-state index is 5.37. The molecule has 5 heteroatoms. The zero-order valence-corrected chi connectivity index (χ0v) is 6.77. The van der Waals surface area contributed by atoms with Crippen molar-refractivity contribution in [3.05, 3.63) is 6.07 Å². The van der Waals surface area contributed by atoms with Crippen molar-refractivity contribution in [2.75, 3.05) is 24.7 Å². The highest BCUT2D eigenvalue weighted by molar-refractivity contribution is 5.85. The molecule has 1 heterocycles. The minimum Gasteiger partial charge on any atom is -0.384 e. The van der Waals surface area contributed by atoms with Crippen molar-refractivity contribution in [2.24, 2.45) is 0 Å². The fourth-order valence-electron chi connectivity index (χ4n) is 0.555. The van der Waals surface area contributed by atoms with Crippen LogP contribution >= 0.6 is 12.4 Å². The van der Waals surface area contributed by atoms with Crippen LogP contribution in [0.15, 0.2) is 6.07 Å². The van der Waals surface area contributed by atoms with Crippen LogP contribution in [-0.4, -0.2) is 24.3 Å². The molecule has 1 rings (SSSR count). The molecule has 0 saturated carbocycles. The van der Waals surface area contributed by atoms with Gasteiger partial charge in [-0.15, -0.1) is 12.4 Å². The largest absolute Gasteiger partial charge is 0.384 e. The summed E-state index contributed by atoms with van der Waals surface area (Å²) in [5.41, 5.74) is 5.37. The number of anilines is 2. The van der Waals surface area contributed by atoms with Gasteiger partial charge in [0.1, 0.15) is 5.82 Å². The standard InChI is InChI=1S/C5H10N4.ClH/c1-9(2)5-3-4(6)7-8-5;/h3H,1-2H3,(H3,6,7,8);1H. The summed E-state index contributed by atoms with van der Waals surface area (Å²) in [4.78, 5) is 1.88. The van der Waals surface area contributed by atoms with Gasteiger partial charge in [0.15, 0.2) is 5.82 Å². The van der Waals surface area contributed by atoms with Crippen molar-refractivity contribution < 1.29 is 0 Å². The van der Waals surface area contributed by atoms with Gasteiger partial charge in [-0.2, -0.15) is 5.10 Å². The summed E-state index contributed by atoms with van der Waals surface area (Å²) in [6.45, 7) is 0. The predicted octanol–water partition coefficient (Wildman–Crippen LogP) is 0.480. The monoisotopic (exact) mass is 162 g/mol. The van der Waals surface area contributed by atoms with E-state index in [4.69, 9.17) is 5.73 Å². The summed E-state index contributed by atoms with van der Waals surface area (Å²) < 4.78 is 0. The van der Waals surface area contributed by atoms with Crippen LogP contribution in [0.5, 0.6) is 0 Å². The molecule has 0 fully saturated rings. The Hall–Kier alpha value is -0.900. The summed E-state index contributed by atoms with van der Waals surface area (Å²) >= 11 is 0. The first-order chi connectivity index (χ1) is 4.20. The molecule has 0 spiro atoms. The van der Waals surface area contributed by atoms with Gasteiger partial charge in [0.2, 0.25) is 0 Å². The van der Waals surface area contributed by atoms with E-state index in [9.17, 15) is 0 Å². The second kappa shape index (κ2) is 3.31. The van der Waals surface area contributed by atoms with Crippen LogP contribution in [0.3, 0.4) is 0 Å². The summed E-state index contributed by atoms with van der Waals surface area (Å²) in [6, 6.07) is 1.78. The lowest BCUT2D eigenvalue weighted by Crippen LogP contribution is -2.08. The number of nitrogens with two attached hydrogens (primary N) is 1. The average Bonchev–Trinajstić information content (AvgIpc) is 2.14. The molecule has 0 atom stereocenters. The third-order valence-electron chi connectivity index (χ3n) is 1.04. The van der Waals surface area contributed by atoms with E-state index in [1.165, 1.54) is 0 Å². The Morgan fingerprint density at radius 3 is 2.40 bits per heavy atom. The number of nitrogen functional groups attached to an aromatic ring is 1. The van der Waals surface area contributed by atoms with Crippen molar-refractivity contribution in [1.29, 1.82) is 0 Å². The fraction of sp³-hybridized carbons (Fsp3) is 0.400. The maximum absolute atomic E-state index is 5.37. The van der Waals surface area contributed by atoms with Crippen LogP contribution in [0.4, 0.5) is 11.6 Å². The molecule has 3 N–H and O–H groups in total. The Bertz CT molecular complexity index is 195. The minimum atomic E-state index is 0. The van der Waals surface area contributed by atoms with E-state index in [-0.39, 0.29) is 12.4 Å². The minimum absolute atomic E-state index is 0. The number of nitrogens with one attached hydrogen (secondary N) is 1. The molecule has 0 bridgehead atoms. The van der Waals surface area contributed by atoms with Crippen molar-refractivity contribution in [3.63, 3.8) is 0 Å². The Balaban J connectivity index is 0.000000810. The van der Waals surface area contributed by atoms with Crippen molar-refractivity contribution in [2.45, 2.75) is 0 Å².